The summed E-state index contributed by atoms with van der Waals surface area (Å²) in [6, 6.07) is 0.606. The van der Waals surface area contributed by atoms with Crippen LogP contribution in [0.1, 0.15) is 32.0 Å². The lowest BCUT2D eigenvalue weighted by Crippen LogP contribution is -2.29. The first kappa shape index (κ1) is 10.6. The van der Waals surface area contributed by atoms with Gasteiger partial charge in [0.05, 0.1) is 11.2 Å². The van der Waals surface area contributed by atoms with Crippen molar-refractivity contribution in [3.8, 4) is 0 Å². The zero-order chi connectivity index (χ0) is 9.68. The van der Waals surface area contributed by atoms with Gasteiger partial charge < -0.3 is 10.4 Å². The number of hydrogen-bond donors (Lipinski definition) is 2. The van der Waals surface area contributed by atoms with Gasteiger partial charge in [-0.05, 0) is 20.3 Å². The minimum Gasteiger partial charge on any atom is -0.396 e. The van der Waals surface area contributed by atoms with Crippen LogP contribution >= 0.6 is 11.3 Å². The van der Waals surface area contributed by atoms with Crippen LogP contribution in [0.15, 0.2) is 10.9 Å². The molecule has 0 fully saturated rings. The van der Waals surface area contributed by atoms with Crippen LogP contribution in [0.2, 0.25) is 0 Å². The maximum atomic E-state index is 8.73. The van der Waals surface area contributed by atoms with E-state index in [-0.39, 0.29) is 12.6 Å². The fraction of sp³-hybridized carbons (Fsp3) is 0.667. The van der Waals surface area contributed by atoms with E-state index in [0.29, 0.717) is 6.04 Å². The van der Waals surface area contributed by atoms with Crippen molar-refractivity contribution in [3.05, 3.63) is 16.6 Å². The summed E-state index contributed by atoms with van der Waals surface area (Å²) < 4.78 is 0. The van der Waals surface area contributed by atoms with Gasteiger partial charge in [0.15, 0.2) is 0 Å². The molecule has 1 aromatic rings. The second-order valence-corrected chi connectivity index (χ2v) is 3.93. The first-order valence-electron chi connectivity index (χ1n) is 4.49. The number of aromatic nitrogens is 1. The van der Waals surface area contributed by atoms with Gasteiger partial charge in [0.1, 0.15) is 0 Å². The molecule has 0 aliphatic rings. The van der Waals surface area contributed by atoms with Crippen molar-refractivity contribution in [1.29, 1.82) is 0 Å². The molecule has 0 aliphatic carbocycles. The summed E-state index contributed by atoms with van der Waals surface area (Å²) in [6.45, 7) is 4.39. The highest BCUT2D eigenvalue weighted by molar-refractivity contribution is 7.07. The Balaban J connectivity index is 2.37. The van der Waals surface area contributed by atoms with E-state index < -0.39 is 0 Å². The number of nitrogens with one attached hydrogen (secondary N) is 1. The van der Waals surface area contributed by atoms with Gasteiger partial charge in [0.25, 0.3) is 0 Å². The van der Waals surface area contributed by atoms with Crippen molar-refractivity contribution in [2.75, 3.05) is 6.61 Å². The summed E-state index contributed by atoms with van der Waals surface area (Å²) in [6.07, 6.45) is 0.786. The third-order valence-electron chi connectivity index (χ3n) is 1.99. The molecule has 2 N–H and O–H groups in total. The summed E-state index contributed by atoms with van der Waals surface area (Å²) in [5, 5.41) is 14.1. The Morgan fingerprint density at radius 1 is 1.62 bits per heavy atom. The third kappa shape index (κ3) is 3.42. The molecular formula is C9H16N2OS. The van der Waals surface area contributed by atoms with Crippen molar-refractivity contribution in [2.45, 2.75) is 32.4 Å². The van der Waals surface area contributed by atoms with Crippen molar-refractivity contribution in [1.82, 2.24) is 10.3 Å². The smallest absolute Gasteiger partial charge is 0.0795 e. The first-order valence-corrected chi connectivity index (χ1v) is 5.43. The van der Waals surface area contributed by atoms with Gasteiger partial charge in [0.2, 0.25) is 0 Å². The first-order chi connectivity index (χ1) is 6.24. The molecule has 0 bridgehead atoms. The predicted octanol–water partition coefficient (Wildman–Crippen LogP) is 1.56. The van der Waals surface area contributed by atoms with Gasteiger partial charge in [-0.2, -0.15) is 0 Å². The Hall–Kier alpha value is -0.450. The molecule has 74 valence electrons. The van der Waals surface area contributed by atoms with E-state index in [1.54, 1.807) is 11.3 Å². The van der Waals surface area contributed by atoms with Gasteiger partial charge >= 0.3 is 0 Å². The number of aliphatic hydroxyl groups is 1. The molecular weight excluding hydrogens is 184 g/mol. The quantitative estimate of drug-likeness (QED) is 0.758. The predicted molar refractivity (Wildman–Crippen MR) is 54.8 cm³/mol. The second-order valence-electron chi connectivity index (χ2n) is 3.21. The normalized spacial score (nSPS) is 15.6. The third-order valence-corrected chi connectivity index (χ3v) is 2.60. The van der Waals surface area contributed by atoms with Crippen LogP contribution in [0.25, 0.3) is 0 Å². The van der Waals surface area contributed by atoms with Crippen LogP contribution in [-0.4, -0.2) is 22.7 Å². The van der Waals surface area contributed by atoms with Crippen LogP contribution < -0.4 is 5.32 Å². The maximum absolute atomic E-state index is 8.73. The lowest BCUT2D eigenvalue weighted by atomic mass is 10.2. The fourth-order valence-electron chi connectivity index (χ4n) is 1.22. The highest BCUT2D eigenvalue weighted by Crippen LogP contribution is 2.12. The number of aliphatic hydroxyl groups excluding tert-OH is 1. The van der Waals surface area contributed by atoms with Crippen LogP contribution in [0.4, 0.5) is 0 Å². The summed E-state index contributed by atoms with van der Waals surface area (Å²) in [5.41, 5.74) is 2.92. The lowest BCUT2D eigenvalue weighted by Gasteiger charge is -2.17. The standard InChI is InChI=1S/C9H16N2OS/c1-7(3-4-12)11-8(2)9-5-13-6-10-9/h5-8,11-12H,3-4H2,1-2H3. The number of nitrogens with zero attached hydrogens (tertiary/aromatic N) is 1. The molecule has 0 spiro atoms. The van der Waals surface area contributed by atoms with Crippen LogP contribution in [0, 0.1) is 0 Å². The molecule has 0 saturated carbocycles. The van der Waals surface area contributed by atoms with Crippen LogP contribution in [-0.2, 0) is 0 Å². The molecule has 0 amide bonds. The zero-order valence-electron chi connectivity index (χ0n) is 8.03. The Morgan fingerprint density at radius 2 is 2.38 bits per heavy atom. The molecule has 4 heteroatoms. The molecule has 1 rings (SSSR count). The summed E-state index contributed by atoms with van der Waals surface area (Å²) in [7, 11) is 0. The maximum Gasteiger partial charge on any atom is 0.0795 e. The van der Waals surface area contributed by atoms with Gasteiger partial charge in [-0.3, -0.25) is 0 Å². The zero-order valence-corrected chi connectivity index (χ0v) is 8.84. The lowest BCUT2D eigenvalue weighted by molar-refractivity contribution is 0.264. The number of rotatable bonds is 5. The number of hydrogen-bond acceptors (Lipinski definition) is 4. The molecule has 3 nitrogen and oxygen atoms in total. The average Bonchev–Trinajstić information content (AvgIpc) is 2.55. The van der Waals surface area contributed by atoms with Crippen molar-refractivity contribution in [2.24, 2.45) is 0 Å². The van der Waals surface area contributed by atoms with E-state index in [1.165, 1.54) is 0 Å². The Morgan fingerprint density at radius 3 is 2.92 bits per heavy atom. The molecule has 0 radical (unpaired) electrons. The van der Waals surface area contributed by atoms with Crippen molar-refractivity contribution >= 4 is 11.3 Å². The fourth-order valence-corrected chi connectivity index (χ4v) is 1.87. The van der Waals surface area contributed by atoms with Gasteiger partial charge in [-0.25, -0.2) is 4.98 Å². The molecule has 2 atom stereocenters. The molecule has 0 aromatic carbocycles. The van der Waals surface area contributed by atoms with Crippen molar-refractivity contribution < 1.29 is 5.11 Å². The van der Waals surface area contributed by atoms with Gasteiger partial charge in [0, 0.05) is 24.1 Å². The van der Waals surface area contributed by atoms with E-state index in [4.69, 9.17) is 5.11 Å². The highest BCUT2D eigenvalue weighted by atomic mass is 32.1. The van der Waals surface area contributed by atoms with Crippen LogP contribution in [0.3, 0.4) is 0 Å². The largest absolute Gasteiger partial charge is 0.396 e. The monoisotopic (exact) mass is 200 g/mol. The van der Waals surface area contributed by atoms with Crippen LogP contribution in [0.5, 0.6) is 0 Å². The Labute approximate surface area is 82.8 Å². The van der Waals surface area contributed by atoms with Gasteiger partial charge in [-0.1, -0.05) is 0 Å². The topological polar surface area (TPSA) is 45.1 Å². The highest BCUT2D eigenvalue weighted by Gasteiger charge is 2.09. The minimum absolute atomic E-state index is 0.234. The SMILES string of the molecule is CC(CCO)NC(C)c1cscn1. The van der Waals surface area contributed by atoms with Gasteiger partial charge in [-0.15, -0.1) is 11.3 Å². The molecule has 2 unspecified atom stereocenters. The van der Waals surface area contributed by atoms with Crippen molar-refractivity contribution in [3.63, 3.8) is 0 Å². The second kappa shape index (κ2) is 5.32. The Kier molecular flexibility index (Phi) is 4.35. The van der Waals surface area contributed by atoms with E-state index in [1.807, 2.05) is 10.9 Å². The van der Waals surface area contributed by atoms with E-state index in [2.05, 4.69) is 24.1 Å². The summed E-state index contributed by atoms with van der Waals surface area (Å²) >= 11 is 1.61. The van der Waals surface area contributed by atoms with E-state index >= 15 is 0 Å². The molecule has 0 aliphatic heterocycles. The van der Waals surface area contributed by atoms with E-state index in [0.717, 1.165) is 12.1 Å². The summed E-state index contributed by atoms with van der Waals surface area (Å²) in [5.74, 6) is 0. The molecule has 1 aromatic heterocycles. The minimum atomic E-state index is 0.234. The Bertz CT molecular complexity index is 226. The number of thiazole rings is 1. The molecule has 13 heavy (non-hydrogen) atoms. The molecule has 0 saturated heterocycles. The summed E-state index contributed by atoms with van der Waals surface area (Å²) in [4.78, 5) is 4.22. The molecule has 1 heterocycles. The van der Waals surface area contributed by atoms with E-state index in [9.17, 15) is 0 Å². The average molecular weight is 200 g/mol.